The highest BCUT2D eigenvalue weighted by molar-refractivity contribution is 6.30. The smallest absolute Gasteiger partial charge is 0.131 e. The summed E-state index contributed by atoms with van der Waals surface area (Å²) < 4.78 is 0. The zero-order valence-corrected chi connectivity index (χ0v) is 14.0. The Morgan fingerprint density at radius 3 is 2.22 bits per heavy atom. The molecule has 0 unspecified atom stereocenters. The zero-order chi connectivity index (χ0) is 15.4. The second-order valence-electron chi connectivity index (χ2n) is 7.96. The molecule has 0 spiro atoms. The van der Waals surface area contributed by atoms with E-state index in [0.717, 1.165) is 40.9 Å². The number of benzene rings is 1. The molecule has 4 aliphatic carbocycles. The summed E-state index contributed by atoms with van der Waals surface area (Å²) in [6, 6.07) is 8.65. The molecule has 1 aromatic carbocycles. The molecule has 1 heterocycles. The van der Waals surface area contributed by atoms with Gasteiger partial charge >= 0.3 is 0 Å². The maximum atomic E-state index is 6.16. The molecule has 4 aliphatic rings. The Kier molecular flexibility index (Phi) is 3.09. The summed E-state index contributed by atoms with van der Waals surface area (Å²) in [5, 5.41) is 9.17. The first kappa shape index (κ1) is 14.0. The van der Waals surface area contributed by atoms with Crippen LogP contribution in [-0.2, 0) is 11.8 Å². The van der Waals surface area contributed by atoms with E-state index in [1.807, 2.05) is 0 Å². The molecule has 0 amide bonds. The molecule has 0 aliphatic heterocycles. The van der Waals surface area contributed by atoms with Crippen molar-refractivity contribution < 1.29 is 0 Å². The van der Waals surface area contributed by atoms with Crippen LogP contribution in [0.25, 0.3) is 0 Å². The van der Waals surface area contributed by atoms with Gasteiger partial charge in [-0.1, -0.05) is 23.7 Å². The van der Waals surface area contributed by atoms with Gasteiger partial charge in [0.25, 0.3) is 0 Å². The van der Waals surface area contributed by atoms with Gasteiger partial charge in [-0.2, -0.15) is 0 Å². The summed E-state index contributed by atoms with van der Waals surface area (Å²) in [5.74, 6) is 4.53. The average Bonchev–Trinajstić information content (AvgIpc) is 3.04. The minimum Gasteiger partial charge on any atom is -0.332 e. The maximum Gasteiger partial charge on any atom is 0.131 e. The molecule has 120 valence electrons. The number of rotatable bonds is 3. The van der Waals surface area contributed by atoms with E-state index in [9.17, 15) is 0 Å². The first-order valence-corrected chi connectivity index (χ1v) is 9.23. The van der Waals surface area contributed by atoms with Crippen LogP contribution in [0, 0.1) is 23.7 Å². The van der Waals surface area contributed by atoms with Crippen LogP contribution in [0.3, 0.4) is 0 Å². The molecular weight excluding hydrogens is 306 g/mol. The molecular formula is C19H22ClN3. The summed E-state index contributed by atoms with van der Waals surface area (Å²) in [6.07, 6.45) is 9.75. The van der Waals surface area contributed by atoms with Crippen LogP contribution in [0.1, 0.15) is 43.5 Å². The van der Waals surface area contributed by atoms with Gasteiger partial charge in [0.05, 0.1) is 0 Å². The highest BCUT2D eigenvalue weighted by Gasteiger charge is 2.57. The maximum absolute atomic E-state index is 6.16. The van der Waals surface area contributed by atoms with Gasteiger partial charge < -0.3 is 4.98 Å². The number of H-pyrrole nitrogens is 1. The molecule has 3 nitrogen and oxygen atoms in total. The second-order valence-corrected chi connectivity index (χ2v) is 8.40. The number of nitrogens with one attached hydrogen (secondary N) is 1. The topological polar surface area (TPSA) is 41.6 Å². The van der Waals surface area contributed by atoms with Gasteiger partial charge in [-0.05, 0) is 73.5 Å². The van der Waals surface area contributed by atoms with E-state index in [2.05, 4.69) is 39.4 Å². The summed E-state index contributed by atoms with van der Waals surface area (Å²) in [4.78, 5) is 3.25. The van der Waals surface area contributed by atoms with Crippen molar-refractivity contribution in [1.29, 1.82) is 0 Å². The van der Waals surface area contributed by atoms with Crippen LogP contribution < -0.4 is 0 Å². The molecule has 1 N–H and O–H groups in total. The van der Waals surface area contributed by atoms with E-state index in [4.69, 9.17) is 11.6 Å². The molecule has 4 bridgehead atoms. The number of aromatic amines is 1. The minimum atomic E-state index is 0.220. The summed E-state index contributed by atoms with van der Waals surface area (Å²) in [5.41, 5.74) is 1.68. The molecule has 23 heavy (non-hydrogen) atoms. The van der Waals surface area contributed by atoms with Crippen molar-refractivity contribution in [3.8, 4) is 0 Å². The van der Waals surface area contributed by atoms with Crippen molar-refractivity contribution in [3.05, 3.63) is 47.0 Å². The van der Waals surface area contributed by atoms with E-state index in [1.165, 1.54) is 37.7 Å². The molecule has 4 fully saturated rings. The Morgan fingerprint density at radius 1 is 1.00 bits per heavy atom. The number of aromatic nitrogens is 3. The zero-order valence-electron chi connectivity index (χ0n) is 13.2. The van der Waals surface area contributed by atoms with Crippen LogP contribution in [0.5, 0.6) is 0 Å². The largest absolute Gasteiger partial charge is 0.332 e. The van der Waals surface area contributed by atoms with E-state index < -0.39 is 0 Å². The highest BCUT2D eigenvalue weighted by Crippen LogP contribution is 2.63. The standard InChI is InChI=1S/C19H22ClN3/c20-17-3-1-14(2-4-17)19(10-18-21-11-22-23-18)15-6-12-5-13(8-15)9-16(19)7-12/h1-4,11-13,15-16H,5-10H2,(H,21,22,23). The lowest BCUT2D eigenvalue weighted by Gasteiger charge is -2.61. The van der Waals surface area contributed by atoms with Gasteiger partial charge in [0.15, 0.2) is 0 Å². The third-order valence-corrected chi connectivity index (χ3v) is 7.16. The van der Waals surface area contributed by atoms with E-state index in [-0.39, 0.29) is 5.41 Å². The highest BCUT2D eigenvalue weighted by atomic mass is 35.5. The van der Waals surface area contributed by atoms with Crippen LogP contribution in [0.15, 0.2) is 30.6 Å². The third-order valence-electron chi connectivity index (χ3n) is 6.90. The molecule has 0 saturated heterocycles. The SMILES string of the molecule is Clc1ccc(C2(Cc3nnc[nH]3)C3CC4CC(C3)CC2C4)cc1. The monoisotopic (exact) mass is 327 g/mol. The Bertz CT molecular complexity index is 664. The van der Waals surface area contributed by atoms with Crippen molar-refractivity contribution in [2.75, 3.05) is 0 Å². The van der Waals surface area contributed by atoms with Crippen molar-refractivity contribution in [3.63, 3.8) is 0 Å². The van der Waals surface area contributed by atoms with Gasteiger partial charge in [-0.25, -0.2) is 0 Å². The van der Waals surface area contributed by atoms with E-state index >= 15 is 0 Å². The predicted molar refractivity (Wildman–Crippen MR) is 90.3 cm³/mol. The Balaban J connectivity index is 1.63. The third kappa shape index (κ3) is 2.09. The van der Waals surface area contributed by atoms with Gasteiger partial charge in [-0.3, -0.25) is 0 Å². The lowest BCUT2D eigenvalue weighted by atomic mass is 9.43. The van der Waals surface area contributed by atoms with Crippen molar-refractivity contribution >= 4 is 11.6 Å². The Morgan fingerprint density at radius 2 is 1.65 bits per heavy atom. The van der Waals surface area contributed by atoms with Crippen molar-refractivity contribution in [2.45, 2.75) is 43.9 Å². The Hall–Kier alpha value is -1.35. The van der Waals surface area contributed by atoms with Crippen LogP contribution in [0.4, 0.5) is 0 Å². The average molecular weight is 328 g/mol. The molecule has 4 heteroatoms. The van der Waals surface area contributed by atoms with Crippen molar-refractivity contribution in [2.24, 2.45) is 23.7 Å². The first-order chi connectivity index (χ1) is 11.2. The van der Waals surface area contributed by atoms with Crippen LogP contribution in [-0.4, -0.2) is 15.2 Å². The molecule has 4 saturated carbocycles. The fourth-order valence-corrected chi connectivity index (χ4v) is 6.37. The molecule has 1 aromatic heterocycles. The minimum absolute atomic E-state index is 0.220. The lowest BCUT2D eigenvalue weighted by molar-refractivity contribution is -0.0618. The summed E-state index contributed by atoms with van der Waals surface area (Å²) >= 11 is 6.16. The fourth-order valence-electron chi connectivity index (χ4n) is 6.24. The predicted octanol–water partition coefficient (Wildman–Crippen LogP) is 4.39. The Labute approximate surface area is 141 Å². The van der Waals surface area contributed by atoms with Crippen molar-refractivity contribution in [1.82, 2.24) is 15.2 Å². The second kappa shape index (κ2) is 5.07. The number of nitrogens with zero attached hydrogens (tertiary/aromatic N) is 2. The van der Waals surface area contributed by atoms with Gasteiger partial charge in [0.2, 0.25) is 0 Å². The van der Waals surface area contributed by atoms with Gasteiger partial charge in [0.1, 0.15) is 12.2 Å². The van der Waals surface area contributed by atoms with Crippen LogP contribution >= 0.6 is 11.6 Å². The quantitative estimate of drug-likeness (QED) is 0.908. The number of hydrogen-bond acceptors (Lipinski definition) is 2. The summed E-state index contributed by atoms with van der Waals surface area (Å²) in [7, 11) is 0. The van der Waals surface area contributed by atoms with E-state index in [1.54, 1.807) is 6.33 Å². The summed E-state index contributed by atoms with van der Waals surface area (Å²) in [6.45, 7) is 0. The van der Waals surface area contributed by atoms with E-state index in [0.29, 0.717) is 0 Å². The lowest BCUT2D eigenvalue weighted by Crippen LogP contribution is -2.56. The number of halogens is 1. The van der Waals surface area contributed by atoms with Gasteiger partial charge in [0, 0.05) is 16.9 Å². The number of hydrogen-bond donors (Lipinski definition) is 1. The molecule has 0 radical (unpaired) electrons. The fraction of sp³-hybridized carbons (Fsp3) is 0.579. The normalized spacial score (nSPS) is 38.1. The van der Waals surface area contributed by atoms with Crippen LogP contribution in [0.2, 0.25) is 5.02 Å². The first-order valence-electron chi connectivity index (χ1n) is 8.85. The van der Waals surface area contributed by atoms with Gasteiger partial charge in [-0.15, -0.1) is 10.2 Å². The molecule has 6 rings (SSSR count). The molecule has 2 aromatic rings. The molecule has 0 atom stereocenters.